The van der Waals surface area contributed by atoms with E-state index < -0.39 is 0 Å². The fraction of sp³-hybridized carbons (Fsp3) is 0.478. The van der Waals surface area contributed by atoms with Crippen molar-refractivity contribution >= 4 is 5.91 Å². The SMILES string of the molecule is CCNC(=O)[C@@]1(Cc2ccc(-c3ccncc3)cc2)CCN(CC2CC2)C1. The van der Waals surface area contributed by atoms with Crippen molar-refractivity contribution in [2.45, 2.75) is 32.6 Å². The van der Waals surface area contributed by atoms with Crippen molar-refractivity contribution < 1.29 is 4.79 Å². The number of hydrogen-bond donors (Lipinski definition) is 1. The van der Waals surface area contributed by atoms with Crippen molar-refractivity contribution in [1.82, 2.24) is 15.2 Å². The van der Waals surface area contributed by atoms with Crippen LogP contribution < -0.4 is 5.32 Å². The van der Waals surface area contributed by atoms with E-state index in [2.05, 4.69) is 39.5 Å². The number of rotatable bonds is 7. The van der Waals surface area contributed by atoms with E-state index in [1.807, 2.05) is 31.5 Å². The van der Waals surface area contributed by atoms with Gasteiger partial charge in [0.15, 0.2) is 0 Å². The van der Waals surface area contributed by atoms with Gasteiger partial charge in [0.2, 0.25) is 5.91 Å². The third-order valence-corrected chi connectivity index (χ3v) is 5.98. The Kier molecular flexibility index (Phi) is 5.26. The van der Waals surface area contributed by atoms with Gasteiger partial charge in [-0.2, -0.15) is 0 Å². The number of pyridine rings is 1. The molecule has 142 valence electrons. The van der Waals surface area contributed by atoms with Crippen LogP contribution in [-0.4, -0.2) is 42.0 Å². The summed E-state index contributed by atoms with van der Waals surface area (Å²) in [5.41, 5.74) is 3.32. The number of nitrogens with one attached hydrogen (secondary N) is 1. The van der Waals surface area contributed by atoms with Gasteiger partial charge in [-0.3, -0.25) is 9.78 Å². The van der Waals surface area contributed by atoms with Crippen LogP contribution in [0.25, 0.3) is 11.1 Å². The van der Waals surface area contributed by atoms with E-state index >= 15 is 0 Å². The number of hydrogen-bond acceptors (Lipinski definition) is 3. The van der Waals surface area contributed by atoms with E-state index in [9.17, 15) is 4.79 Å². The molecular weight excluding hydrogens is 334 g/mol. The summed E-state index contributed by atoms with van der Waals surface area (Å²) in [7, 11) is 0. The van der Waals surface area contributed by atoms with Crippen molar-refractivity contribution in [2.24, 2.45) is 11.3 Å². The number of benzene rings is 1. The van der Waals surface area contributed by atoms with E-state index in [1.54, 1.807) is 0 Å². The molecule has 2 heterocycles. The lowest BCUT2D eigenvalue weighted by molar-refractivity contribution is -0.130. The first-order valence-corrected chi connectivity index (χ1v) is 10.2. The first-order valence-electron chi connectivity index (χ1n) is 10.2. The maximum Gasteiger partial charge on any atom is 0.227 e. The molecule has 27 heavy (non-hydrogen) atoms. The van der Waals surface area contributed by atoms with Crippen LogP contribution in [0, 0.1) is 11.3 Å². The summed E-state index contributed by atoms with van der Waals surface area (Å²) in [6.45, 7) is 5.81. The zero-order valence-corrected chi connectivity index (χ0v) is 16.2. The Bertz CT molecular complexity index is 770. The zero-order valence-electron chi connectivity index (χ0n) is 16.2. The zero-order chi connectivity index (χ0) is 18.7. The second kappa shape index (κ2) is 7.81. The lowest BCUT2D eigenvalue weighted by atomic mass is 9.79. The van der Waals surface area contributed by atoms with Crippen LogP contribution in [0.3, 0.4) is 0 Å². The molecule has 1 saturated heterocycles. The number of aromatic nitrogens is 1. The summed E-state index contributed by atoms with van der Waals surface area (Å²) in [4.78, 5) is 19.6. The van der Waals surface area contributed by atoms with Crippen LogP contribution in [0.15, 0.2) is 48.8 Å². The summed E-state index contributed by atoms with van der Waals surface area (Å²) in [5.74, 6) is 1.09. The van der Waals surface area contributed by atoms with Gasteiger partial charge in [-0.15, -0.1) is 0 Å². The molecule has 2 aliphatic rings. The summed E-state index contributed by atoms with van der Waals surface area (Å²) in [6.07, 6.45) is 8.14. The molecule has 4 heteroatoms. The largest absolute Gasteiger partial charge is 0.356 e. The van der Waals surface area contributed by atoms with Crippen LogP contribution in [0.1, 0.15) is 31.7 Å². The van der Waals surface area contributed by atoms with Crippen LogP contribution >= 0.6 is 0 Å². The lowest BCUT2D eigenvalue weighted by Crippen LogP contribution is -2.44. The van der Waals surface area contributed by atoms with Gasteiger partial charge < -0.3 is 10.2 Å². The molecule has 4 nitrogen and oxygen atoms in total. The van der Waals surface area contributed by atoms with E-state index in [-0.39, 0.29) is 11.3 Å². The van der Waals surface area contributed by atoms with Crippen molar-refractivity contribution in [2.75, 3.05) is 26.2 Å². The highest BCUT2D eigenvalue weighted by molar-refractivity contribution is 5.83. The van der Waals surface area contributed by atoms with Crippen molar-refractivity contribution in [3.05, 3.63) is 54.4 Å². The summed E-state index contributed by atoms with van der Waals surface area (Å²) < 4.78 is 0. The molecule has 0 bridgehead atoms. The van der Waals surface area contributed by atoms with Gasteiger partial charge in [-0.1, -0.05) is 24.3 Å². The minimum Gasteiger partial charge on any atom is -0.356 e. The molecule has 0 unspecified atom stereocenters. The quantitative estimate of drug-likeness (QED) is 0.818. The number of amides is 1. The Morgan fingerprint density at radius 3 is 2.52 bits per heavy atom. The van der Waals surface area contributed by atoms with Crippen molar-refractivity contribution in [3.8, 4) is 11.1 Å². The van der Waals surface area contributed by atoms with Crippen LogP contribution in [0.5, 0.6) is 0 Å². The Balaban J connectivity index is 1.50. The normalized spacial score (nSPS) is 22.7. The van der Waals surface area contributed by atoms with Crippen LogP contribution in [0.2, 0.25) is 0 Å². The molecule has 1 saturated carbocycles. The first kappa shape index (κ1) is 18.2. The highest BCUT2D eigenvalue weighted by Gasteiger charge is 2.45. The first-order chi connectivity index (χ1) is 13.2. The fourth-order valence-corrected chi connectivity index (χ4v) is 4.29. The molecule has 2 fully saturated rings. The molecule has 1 aliphatic carbocycles. The Labute approximate surface area is 162 Å². The van der Waals surface area contributed by atoms with E-state index in [4.69, 9.17) is 0 Å². The highest BCUT2D eigenvalue weighted by atomic mass is 16.2. The molecule has 1 amide bonds. The average Bonchev–Trinajstić information content (AvgIpc) is 3.42. The maximum atomic E-state index is 13.0. The maximum absolute atomic E-state index is 13.0. The predicted octanol–water partition coefficient (Wildman–Crippen LogP) is 3.53. The molecular formula is C23H29N3O. The number of nitrogens with zero attached hydrogens (tertiary/aromatic N) is 2. The fourth-order valence-electron chi connectivity index (χ4n) is 4.29. The van der Waals surface area contributed by atoms with Gasteiger partial charge in [0.1, 0.15) is 0 Å². The Morgan fingerprint density at radius 2 is 1.85 bits per heavy atom. The van der Waals surface area contributed by atoms with E-state index in [1.165, 1.54) is 36.1 Å². The average molecular weight is 364 g/mol. The van der Waals surface area contributed by atoms with Crippen molar-refractivity contribution in [1.29, 1.82) is 0 Å². The Hall–Kier alpha value is -2.20. The molecule has 0 spiro atoms. The predicted molar refractivity (Wildman–Crippen MR) is 108 cm³/mol. The second-order valence-corrected chi connectivity index (χ2v) is 8.18. The highest BCUT2D eigenvalue weighted by Crippen LogP contribution is 2.38. The van der Waals surface area contributed by atoms with E-state index in [0.29, 0.717) is 6.54 Å². The molecule has 0 radical (unpaired) electrons. The Morgan fingerprint density at radius 1 is 1.15 bits per heavy atom. The molecule has 1 aliphatic heterocycles. The van der Waals surface area contributed by atoms with Crippen LogP contribution in [0.4, 0.5) is 0 Å². The summed E-state index contributed by atoms with van der Waals surface area (Å²) in [6, 6.07) is 12.7. The minimum absolute atomic E-state index is 0.224. The lowest BCUT2D eigenvalue weighted by Gasteiger charge is -2.28. The van der Waals surface area contributed by atoms with Gasteiger partial charge in [-0.25, -0.2) is 0 Å². The topological polar surface area (TPSA) is 45.2 Å². The van der Waals surface area contributed by atoms with Gasteiger partial charge >= 0.3 is 0 Å². The smallest absolute Gasteiger partial charge is 0.227 e. The molecule has 1 aromatic carbocycles. The van der Waals surface area contributed by atoms with Gasteiger partial charge in [0.25, 0.3) is 0 Å². The standard InChI is InChI=1S/C23H29N3O/c1-2-25-22(27)23(11-14-26(17-23)16-19-3-4-19)15-18-5-7-20(8-6-18)21-9-12-24-13-10-21/h5-10,12-13,19H,2-4,11,14-17H2,1H3,(H,25,27)/t23-/m1/s1. The summed E-state index contributed by atoms with van der Waals surface area (Å²) in [5, 5.41) is 3.10. The molecule has 2 aromatic rings. The number of carbonyl (C=O) groups is 1. The molecule has 1 N–H and O–H groups in total. The minimum atomic E-state index is -0.289. The molecule has 1 atom stereocenters. The molecule has 1 aromatic heterocycles. The number of carbonyl (C=O) groups excluding carboxylic acids is 1. The third kappa shape index (κ3) is 4.22. The van der Waals surface area contributed by atoms with Gasteiger partial charge in [-0.05, 0) is 73.9 Å². The van der Waals surface area contributed by atoms with Crippen molar-refractivity contribution in [3.63, 3.8) is 0 Å². The second-order valence-electron chi connectivity index (χ2n) is 8.18. The molecule has 4 rings (SSSR count). The van der Waals surface area contributed by atoms with Gasteiger partial charge in [0.05, 0.1) is 5.41 Å². The van der Waals surface area contributed by atoms with Gasteiger partial charge in [0, 0.05) is 32.0 Å². The summed E-state index contributed by atoms with van der Waals surface area (Å²) >= 11 is 0. The van der Waals surface area contributed by atoms with Crippen LogP contribution in [-0.2, 0) is 11.2 Å². The van der Waals surface area contributed by atoms with E-state index in [0.717, 1.165) is 31.8 Å². The third-order valence-electron chi connectivity index (χ3n) is 5.98. The number of likely N-dealkylation sites (tertiary alicyclic amines) is 1. The monoisotopic (exact) mass is 363 g/mol.